The van der Waals surface area contributed by atoms with E-state index in [1.54, 1.807) is 14.2 Å². The van der Waals surface area contributed by atoms with E-state index in [9.17, 15) is 0 Å². The standard InChI is InChI=1S/C14H16O2/c1-15-14(16-2)10-8-13(9-11-14)12-6-4-3-5-7-12/h3-11,13H,1-2H3. The highest BCUT2D eigenvalue weighted by Gasteiger charge is 2.26. The van der Waals surface area contributed by atoms with Crippen LogP contribution in [-0.4, -0.2) is 20.0 Å². The molecule has 0 unspecified atom stereocenters. The zero-order valence-electron chi connectivity index (χ0n) is 9.59. The Morgan fingerprint density at radius 1 is 0.938 bits per heavy atom. The van der Waals surface area contributed by atoms with Crippen molar-refractivity contribution in [2.75, 3.05) is 14.2 Å². The van der Waals surface area contributed by atoms with Crippen LogP contribution in [0.25, 0.3) is 0 Å². The predicted octanol–water partition coefficient (Wildman–Crippen LogP) is 2.89. The SMILES string of the molecule is COC1(OC)C=CC(c2ccccc2)C=C1. The summed E-state index contributed by atoms with van der Waals surface area (Å²) in [7, 11) is 3.28. The minimum Gasteiger partial charge on any atom is -0.346 e. The number of hydrogen-bond acceptors (Lipinski definition) is 2. The lowest BCUT2D eigenvalue weighted by Crippen LogP contribution is -2.30. The van der Waals surface area contributed by atoms with Crippen LogP contribution < -0.4 is 0 Å². The monoisotopic (exact) mass is 216 g/mol. The number of rotatable bonds is 3. The molecule has 2 nitrogen and oxygen atoms in total. The first-order valence-electron chi connectivity index (χ1n) is 5.33. The van der Waals surface area contributed by atoms with Gasteiger partial charge in [0.05, 0.1) is 0 Å². The summed E-state index contributed by atoms with van der Waals surface area (Å²) in [5, 5.41) is 0. The molecule has 0 N–H and O–H groups in total. The Morgan fingerprint density at radius 2 is 1.50 bits per heavy atom. The lowest BCUT2D eigenvalue weighted by Gasteiger charge is -2.28. The minimum absolute atomic E-state index is 0.305. The van der Waals surface area contributed by atoms with E-state index >= 15 is 0 Å². The summed E-state index contributed by atoms with van der Waals surface area (Å²) in [4.78, 5) is 0. The van der Waals surface area contributed by atoms with Crippen LogP contribution in [-0.2, 0) is 9.47 Å². The predicted molar refractivity (Wildman–Crippen MR) is 64.2 cm³/mol. The lowest BCUT2D eigenvalue weighted by molar-refractivity contribution is -0.134. The summed E-state index contributed by atoms with van der Waals surface area (Å²) in [6, 6.07) is 10.4. The third-order valence-electron chi connectivity index (χ3n) is 2.89. The second-order valence-corrected chi connectivity index (χ2v) is 3.78. The van der Waals surface area contributed by atoms with Crippen molar-refractivity contribution in [3.8, 4) is 0 Å². The molecule has 1 aliphatic rings. The number of benzene rings is 1. The van der Waals surface area contributed by atoms with Crippen molar-refractivity contribution in [3.05, 3.63) is 60.2 Å². The highest BCUT2D eigenvalue weighted by molar-refractivity contribution is 5.33. The average Bonchev–Trinajstić information content (AvgIpc) is 2.40. The molecule has 0 bridgehead atoms. The fraction of sp³-hybridized carbons (Fsp3) is 0.286. The molecule has 16 heavy (non-hydrogen) atoms. The van der Waals surface area contributed by atoms with E-state index in [4.69, 9.17) is 9.47 Å². The van der Waals surface area contributed by atoms with Crippen molar-refractivity contribution in [1.82, 2.24) is 0 Å². The van der Waals surface area contributed by atoms with Crippen molar-refractivity contribution >= 4 is 0 Å². The molecule has 0 amide bonds. The number of allylic oxidation sites excluding steroid dienone is 2. The van der Waals surface area contributed by atoms with Crippen LogP contribution >= 0.6 is 0 Å². The van der Waals surface area contributed by atoms with Crippen LogP contribution in [0.5, 0.6) is 0 Å². The summed E-state index contributed by atoms with van der Waals surface area (Å²) in [6.07, 6.45) is 8.10. The summed E-state index contributed by atoms with van der Waals surface area (Å²) in [6.45, 7) is 0. The first-order valence-corrected chi connectivity index (χ1v) is 5.33. The molecule has 2 heteroatoms. The van der Waals surface area contributed by atoms with E-state index in [0.29, 0.717) is 5.92 Å². The average molecular weight is 216 g/mol. The quantitative estimate of drug-likeness (QED) is 0.571. The normalized spacial score (nSPS) is 18.9. The van der Waals surface area contributed by atoms with Crippen LogP contribution in [0.2, 0.25) is 0 Å². The second-order valence-electron chi connectivity index (χ2n) is 3.78. The van der Waals surface area contributed by atoms with Gasteiger partial charge in [-0.25, -0.2) is 0 Å². The van der Waals surface area contributed by atoms with Gasteiger partial charge >= 0.3 is 0 Å². The first-order chi connectivity index (χ1) is 7.79. The Bertz CT molecular complexity index is 372. The lowest BCUT2D eigenvalue weighted by atomic mass is 9.93. The number of ether oxygens (including phenoxy) is 2. The van der Waals surface area contributed by atoms with Crippen molar-refractivity contribution in [1.29, 1.82) is 0 Å². The summed E-state index contributed by atoms with van der Waals surface area (Å²) >= 11 is 0. The van der Waals surface area contributed by atoms with Gasteiger partial charge in [-0.15, -0.1) is 0 Å². The van der Waals surface area contributed by atoms with Gasteiger partial charge in [0.15, 0.2) is 0 Å². The van der Waals surface area contributed by atoms with Crippen LogP contribution in [0.3, 0.4) is 0 Å². The third-order valence-corrected chi connectivity index (χ3v) is 2.89. The zero-order chi connectivity index (χ0) is 11.4. The molecule has 0 radical (unpaired) electrons. The number of methoxy groups -OCH3 is 2. The van der Waals surface area contributed by atoms with Gasteiger partial charge in [0.25, 0.3) is 0 Å². The van der Waals surface area contributed by atoms with Crippen molar-refractivity contribution in [3.63, 3.8) is 0 Å². The van der Waals surface area contributed by atoms with E-state index in [-0.39, 0.29) is 0 Å². The molecule has 0 aliphatic heterocycles. The molecule has 2 rings (SSSR count). The Hall–Kier alpha value is -1.38. The molecular formula is C14H16O2. The fourth-order valence-electron chi connectivity index (χ4n) is 1.85. The largest absolute Gasteiger partial charge is 0.346 e. The molecule has 0 saturated heterocycles. The maximum absolute atomic E-state index is 5.32. The van der Waals surface area contributed by atoms with E-state index < -0.39 is 5.79 Å². The first kappa shape index (κ1) is 11.1. The molecule has 1 aliphatic carbocycles. The van der Waals surface area contributed by atoms with Crippen molar-refractivity contribution in [2.45, 2.75) is 11.7 Å². The van der Waals surface area contributed by atoms with Crippen molar-refractivity contribution in [2.24, 2.45) is 0 Å². The molecule has 0 atom stereocenters. The summed E-state index contributed by atoms with van der Waals surface area (Å²) < 4.78 is 10.6. The van der Waals surface area contributed by atoms with Crippen LogP contribution in [0, 0.1) is 0 Å². The molecule has 0 spiro atoms. The van der Waals surface area contributed by atoms with Crippen LogP contribution in [0.4, 0.5) is 0 Å². The molecule has 0 fully saturated rings. The third kappa shape index (κ3) is 2.08. The second kappa shape index (κ2) is 4.64. The van der Waals surface area contributed by atoms with Crippen LogP contribution in [0.15, 0.2) is 54.6 Å². The van der Waals surface area contributed by atoms with Gasteiger partial charge in [-0.1, -0.05) is 42.5 Å². The Balaban J connectivity index is 2.18. The molecule has 0 heterocycles. The number of hydrogen-bond donors (Lipinski definition) is 0. The molecule has 0 aromatic heterocycles. The van der Waals surface area contributed by atoms with Gasteiger partial charge in [-0.2, -0.15) is 0 Å². The topological polar surface area (TPSA) is 18.5 Å². The maximum atomic E-state index is 5.32. The summed E-state index contributed by atoms with van der Waals surface area (Å²) in [5.74, 6) is -0.384. The van der Waals surface area contributed by atoms with Crippen LogP contribution in [0.1, 0.15) is 11.5 Å². The molecule has 1 aromatic carbocycles. The fourth-order valence-corrected chi connectivity index (χ4v) is 1.85. The van der Waals surface area contributed by atoms with E-state index in [0.717, 1.165) is 0 Å². The highest BCUT2D eigenvalue weighted by Crippen LogP contribution is 2.28. The van der Waals surface area contributed by atoms with Gasteiger partial charge in [-0.05, 0) is 17.7 Å². The Morgan fingerprint density at radius 3 is 2.00 bits per heavy atom. The van der Waals surface area contributed by atoms with E-state index in [1.807, 2.05) is 30.4 Å². The van der Waals surface area contributed by atoms with Gasteiger partial charge in [0.2, 0.25) is 5.79 Å². The van der Waals surface area contributed by atoms with Gasteiger partial charge in [0, 0.05) is 20.1 Å². The van der Waals surface area contributed by atoms with E-state index in [1.165, 1.54) is 5.56 Å². The Labute approximate surface area is 96.2 Å². The zero-order valence-corrected chi connectivity index (χ0v) is 9.59. The van der Waals surface area contributed by atoms with Gasteiger partial charge in [0.1, 0.15) is 0 Å². The smallest absolute Gasteiger partial charge is 0.207 e. The van der Waals surface area contributed by atoms with Gasteiger partial charge in [-0.3, -0.25) is 0 Å². The Kier molecular flexibility index (Phi) is 3.22. The maximum Gasteiger partial charge on any atom is 0.207 e. The molecular weight excluding hydrogens is 200 g/mol. The minimum atomic E-state index is -0.689. The molecule has 0 saturated carbocycles. The summed E-state index contributed by atoms with van der Waals surface area (Å²) in [5.41, 5.74) is 1.27. The molecule has 1 aromatic rings. The van der Waals surface area contributed by atoms with Crippen molar-refractivity contribution < 1.29 is 9.47 Å². The van der Waals surface area contributed by atoms with Gasteiger partial charge < -0.3 is 9.47 Å². The van der Waals surface area contributed by atoms with E-state index in [2.05, 4.69) is 24.3 Å². The molecule has 84 valence electrons. The highest BCUT2D eigenvalue weighted by atomic mass is 16.7.